The first-order valence-corrected chi connectivity index (χ1v) is 3.58. The largest absolute Gasteiger partial charge is 0.338 e. The van der Waals surface area contributed by atoms with Gasteiger partial charge in [-0.25, -0.2) is 0 Å². The van der Waals surface area contributed by atoms with Gasteiger partial charge in [0, 0.05) is 0 Å². The van der Waals surface area contributed by atoms with Crippen LogP contribution < -0.4 is 0 Å². The summed E-state index contributed by atoms with van der Waals surface area (Å²) in [6, 6.07) is 0.191. The molecule has 0 amide bonds. The van der Waals surface area contributed by atoms with E-state index in [0.29, 0.717) is 11.7 Å². The monoisotopic (exact) mass is 155 g/mol. The molecule has 0 saturated heterocycles. The Bertz CT molecular complexity index is 231. The van der Waals surface area contributed by atoms with Crippen molar-refractivity contribution in [3.05, 3.63) is 11.7 Å². The Morgan fingerprint density at radius 2 is 2.09 bits per heavy atom. The number of hydrogen-bond donors (Lipinski definition) is 0. The second-order valence-electron chi connectivity index (χ2n) is 2.82. The van der Waals surface area contributed by atoms with Gasteiger partial charge in [0.1, 0.15) is 0 Å². The van der Waals surface area contributed by atoms with Gasteiger partial charge in [-0.15, -0.1) is 0 Å². The van der Waals surface area contributed by atoms with Crippen molar-refractivity contribution >= 4 is 0 Å². The fraction of sp³-hybridized carbons (Fsp3) is 0.714. The van der Waals surface area contributed by atoms with Crippen molar-refractivity contribution in [3.8, 4) is 0 Å². The molecule has 1 aromatic heterocycles. The minimum atomic E-state index is 0.191. The molecule has 0 spiro atoms. The lowest BCUT2D eigenvalue weighted by Gasteiger charge is -2.14. The number of hydrogen-bond acceptors (Lipinski definition) is 4. The van der Waals surface area contributed by atoms with E-state index in [4.69, 9.17) is 4.52 Å². The molecule has 62 valence electrons. The summed E-state index contributed by atoms with van der Waals surface area (Å²) in [7, 11) is 3.95. The van der Waals surface area contributed by atoms with Gasteiger partial charge in [-0.2, -0.15) is 4.98 Å². The maximum atomic E-state index is 4.98. The molecule has 0 N–H and O–H groups in total. The summed E-state index contributed by atoms with van der Waals surface area (Å²) >= 11 is 0. The van der Waals surface area contributed by atoms with E-state index in [9.17, 15) is 0 Å². The van der Waals surface area contributed by atoms with E-state index in [1.54, 1.807) is 0 Å². The smallest absolute Gasteiger partial charge is 0.243 e. The third-order valence-corrected chi connectivity index (χ3v) is 1.68. The van der Waals surface area contributed by atoms with Crippen molar-refractivity contribution in [3.63, 3.8) is 0 Å². The van der Waals surface area contributed by atoms with Crippen LogP contribution in [-0.4, -0.2) is 29.1 Å². The van der Waals surface area contributed by atoms with Gasteiger partial charge in [0.05, 0.1) is 6.04 Å². The van der Waals surface area contributed by atoms with Gasteiger partial charge in [-0.05, 0) is 27.9 Å². The quantitative estimate of drug-likeness (QED) is 0.639. The zero-order valence-electron chi connectivity index (χ0n) is 7.33. The third-order valence-electron chi connectivity index (χ3n) is 1.68. The zero-order valence-corrected chi connectivity index (χ0v) is 7.33. The molecule has 0 aliphatic carbocycles. The van der Waals surface area contributed by atoms with Gasteiger partial charge in [-0.3, -0.25) is 4.90 Å². The van der Waals surface area contributed by atoms with Crippen LogP contribution in [0.25, 0.3) is 0 Å². The maximum absolute atomic E-state index is 4.98. The highest BCUT2D eigenvalue weighted by Gasteiger charge is 2.13. The first-order valence-electron chi connectivity index (χ1n) is 3.58. The Balaban J connectivity index is 2.76. The Hall–Kier alpha value is -0.900. The average Bonchev–Trinajstić information content (AvgIpc) is 2.34. The van der Waals surface area contributed by atoms with Gasteiger partial charge in [0.2, 0.25) is 5.89 Å². The van der Waals surface area contributed by atoms with Gasteiger partial charge in [0.15, 0.2) is 5.82 Å². The number of aromatic nitrogens is 2. The van der Waals surface area contributed by atoms with Crippen LogP contribution in [0, 0.1) is 6.92 Å². The summed E-state index contributed by atoms with van der Waals surface area (Å²) in [6.45, 7) is 3.84. The van der Waals surface area contributed by atoms with Crippen LogP contribution in [0.4, 0.5) is 0 Å². The van der Waals surface area contributed by atoms with E-state index in [2.05, 4.69) is 10.1 Å². The molecule has 1 rings (SSSR count). The van der Waals surface area contributed by atoms with Gasteiger partial charge < -0.3 is 4.52 Å². The first kappa shape index (κ1) is 8.20. The second-order valence-corrected chi connectivity index (χ2v) is 2.82. The SMILES string of the molecule is Cc1noc([C@@H](C)N(C)C)n1. The lowest BCUT2D eigenvalue weighted by atomic mass is 10.3. The van der Waals surface area contributed by atoms with Crippen molar-refractivity contribution in [2.75, 3.05) is 14.1 Å². The molecule has 0 aliphatic rings. The van der Waals surface area contributed by atoms with Crippen LogP contribution in [-0.2, 0) is 0 Å². The molecule has 4 heteroatoms. The molecule has 0 radical (unpaired) electrons. The number of aryl methyl sites for hydroxylation is 1. The summed E-state index contributed by atoms with van der Waals surface area (Å²) < 4.78 is 4.98. The Labute approximate surface area is 66.2 Å². The van der Waals surface area contributed by atoms with Crippen molar-refractivity contribution in [2.45, 2.75) is 19.9 Å². The fourth-order valence-electron chi connectivity index (χ4n) is 0.704. The second kappa shape index (κ2) is 3.00. The maximum Gasteiger partial charge on any atom is 0.243 e. The third kappa shape index (κ3) is 1.77. The van der Waals surface area contributed by atoms with Crippen LogP contribution in [0.5, 0.6) is 0 Å². The number of nitrogens with zero attached hydrogens (tertiary/aromatic N) is 3. The Morgan fingerprint density at radius 1 is 1.45 bits per heavy atom. The van der Waals surface area contributed by atoms with Gasteiger partial charge in [0.25, 0.3) is 0 Å². The molecule has 0 bridgehead atoms. The van der Waals surface area contributed by atoms with E-state index in [1.165, 1.54) is 0 Å². The molecular weight excluding hydrogens is 142 g/mol. The van der Waals surface area contributed by atoms with E-state index < -0.39 is 0 Å². The zero-order chi connectivity index (χ0) is 8.43. The van der Waals surface area contributed by atoms with Crippen molar-refractivity contribution in [2.24, 2.45) is 0 Å². The minimum Gasteiger partial charge on any atom is -0.338 e. The summed E-state index contributed by atoms with van der Waals surface area (Å²) in [4.78, 5) is 6.13. The minimum absolute atomic E-state index is 0.191. The predicted octanol–water partition coefficient (Wildman–Crippen LogP) is 1.00. The Morgan fingerprint density at radius 3 is 2.45 bits per heavy atom. The summed E-state index contributed by atoms with van der Waals surface area (Å²) in [5, 5.41) is 3.71. The standard InChI is InChI=1S/C7H13N3O/c1-5(10(3)4)7-8-6(2)9-11-7/h5H,1-4H3/t5-/m1/s1. The van der Waals surface area contributed by atoms with Crippen molar-refractivity contribution < 1.29 is 4.52 Å². The van der Waals surface area contributed by atoms with Crippen molar-refractivity contribution in [1.82, 2.24) is 15.0 Å². The molecule has 0 aromatic carbocycles. The molecule has 0 saturated carbocycles. The molecule has 1 aromatic rings. The highest BCUT2D eigenvalue weighted by molar-refractivity contribution is 4.88. The molecule has 1 atom stereocenters. The van der Waals surface area contributed by atoms with Gasteiger partial charge >= 0.3 is 0 Å². The highest BCUT2D eigenvalue weighted by atomic mass is 16.5. The van der Waals surface area contributed by atoms with Crippen LogP contribution in [0.2, 0.25) is 0 Å². The Kier molecular flexibility index (Phi) is 2.24. The van der Waals surface area contributed by atoms with E-state index in [0.717, 1.165) is 0 Å². The molecule has 4 nitrogen and oxygen atoms in total. The molecule has 0 aliphatic heterocycles. The van der Waals surface area contributed by atoms with Crippen LogP contribution in [0.3, 0.4) is 0 Å². The molecule has 0 unspecified atom stereocenters. The van der Waals surface area contributed by atoms with Crippen LogP contribution >= 0.6 is 0 Å². The van der Waals surface area contributed by atoms with Crippen LogP contribution in [0.15, 0.2) is 4.52 Å². The molecular formula is C7H13N3O. The fourth-order valence-corrected chi connectivity index (χ4v) is 0.704. The molecule has 0 fully saturated rings. The molecule has 11 heavy (non-hydrogen) atoms. The summed E-state index contributed by atoms with van der Waals surface area (Å²) in [5.41, 5.74) is 0. The lowest BCUT2D eigenvalue weighted by molar-refractivity contribution is 0.245. The highest BCUT2D eigenvalue weighted by Crippen LogP contribution is 2.13. The summed E-state index contributed by atoms with van der Waals surface area (Å²) in [5.74, 6) is 1.36. The predicted molar refractivity (Wildman–Crippen MR) is 41.1 cm³/mol. The van der Waals surface area contributed by atoms with E-state index in [-0.39, 0.29) is 6.04 Å². The molecule has 1 heterocycles. The van der Waals surface area contributed by atoms with Gasteiger partial charge in [-0.1, -0.05) is 5.16 Å². The number of rotatable bonds is 2. The van der Waals surface area contributed by atoms with Crippen LogP contribution in [0.1, 0.15) is 24.7 Å². The van der Waals surface area contributed by atoms with Crippen molar-refractivity contribution in [1.29, 1.82) is 0 Å². The summed E-state index contributed by atoms with van der Waals surface area (Å²) in [6.07, 6.45) is 0. The van der Waals surface area contributed by atoms with E-state index >= 15 is 0 Å². The normalized spacial score (nSPS) is 13.9. The van der Waals surface area contributed by atoms with E-state index in [1.807, 2.05) is 32.8 Å². The lowest BCUT2D eigenvalue weighted by Crippen LogP contribution is -2.16. The topological polar surface area (TPSA) is 42.2 Å². The first-order chi connectivity index (χ1) is 5.11. The average molecular weight is 155 g/mol.